The molecular weight excluding hydrogens is 394 g/mol. The van der Waals surface area contributed by atoms with Gasteiger partial charge in [-0.1, -0.05) is 6.07 Å². The van der Waals surface area contributed by atoms with E-state index in [0.29, 0.717) is 5.65 Å². The van der Waals surface area contributed by atoms with E-state index in [9.17, 15) is 19.7 Å². The van der Waals surface area contributed by atoms with Crippen molar-refractivity contribution in [2.45, 2.75) is 20.5 Å². The van der Waals surface area contributed by atoms with Gasteiger partial charge in [0.15, 0.2) is 11.5 Å². The maximum Gasteiger partial charge on any atom is 0.345 e. The molecule has 0 aliphatic heterocycles. The fourth-order valence-corrected chi connectivity index (χ4v) is 2.89. The molecule has 3 rings (SSSR count). The van der Waals surface area contributed by atoms with E-state index in [1.807, 2.05) is 0 Å². The van der Waals surface area contributed by atoms with E-state index in [4.69, 9.17) is 14.2 Å². The van der Waals surface area contributed by atoms with Crippen molar-refractivity contribution in [3.63, 3.8) is 0 Å². The summed E-state index contributed by atoms with van der Waals surface area (Å²) < 4.78 is 17.1. The summed E-state index contributed by atoms with van der Waals surface area (Å²) in [6.45, 7) is 3.47. The Labute approximate surface area is 170 Å². The second-order valence-corrected chi connectivity index (χ2v) is 6.26. The summed E-state index contributed by atoms with van der Waals surface area (Å²) in [5.41, 5.74) is 0.327. The average Bonchev–Trinajstić information content (AvgIpc) is 2.72. The average molecular weight is 413 g/mol. The zero-order chi connectivity index (χ0) is 21.8. The summed E-state index contributed by atoms with van der Waals surface area (Å²) in [4.78, 5) is 39.9. The van der Waals surface area contributed by atoms with Gasteiger partial charge in [0.1, 0.15) is 17.8 Å². The van der Waals surface area contributed by atoms with Gasteiger partial charge in [-0.2, -0.15) is 0 Å². The van der Waals surface area contributed by atoms with Crippen molar-refractivity contribution in [1.29, 1.82) is 0 Å². The summed E-state index contributed by atoms with van der Waals surface area (Å²) in [7, 11) is 1.34. The summed E-state index contributed by atoms with van der Waals surface area (Å²) in [6, 6.07) is 7.08. The molecular formula is C20H19N3O7. The number of carbonyl (C=O) groups is 1. The van der Waals surface area contributed by atoms with Crippen LogP contribution in [0.25, 0.3) is 5.65 Å². The molecule has 2 heterocycles. The molecule has 0 unspecified atom stereocenters. The highest BCUT2D eigenvalue weighted by Gasteiger charge is 2.26. The highest BCUT2D eigenvalue weighted by atomic mass is 16.6. The maximum absolute atomic E-state index is 12.6. The number of nitrogens with zero attached hydrogens (tertiary/aromatic N) is 3. The molecule has 0 aliphatic carbocycles. The summed E-state index contributed by atoms with van der Waals surface area (Å²) in [5, 5.41) is 11.4. The standard InChI is InChI=1S/C20H19N3O7/c1-4-29-17-9-14(15(23(26)27)10-16(17)28-3)20(25)30-11-13-8-18(24)22-7-5-6-12(2)19(22)21-13/h5-10H,4,11H2,1-3H3. The second-order valence-electron chi connectivity index (χ2n) is 6.26. The number of carbonyl (C=O) groups excluding carboxylic acids is 1. The minimum absolute atomic E-state index is 0.125. The largest absolute Gasteiger partial charge is 0.493 e. The number of ether oxygens (including phenoxy) is 3. The lowest BCUT2D eigenvalue weighted by Crippen LogP contribution is -2.17. The lowest BCUT2D eigenvalue weighted by molar-refractivity contribution is -0.385. The minimum Gasteiger partial charge on any atom is -0.493 e. The molecule has 0 atom stereocenters. The Kier molecular flexibility index (Phi) is 5.95. The van der Waals surface area contributed by atoms with Crippen molar-refractivity contribution in [1.82, 2.24) is 9.38 Å². The predicted molar refractivity (Wildman–Crippen MR) is 106 cm³/mol. The number of pyridine rings is 1. The first-order valence-electron chi connectivity index (χ1n) is 9.00. The third-order valence-electron chi connectivity index (χ3n) is 4.29. The molecule has 10 nitrogen and oxygen atoms in total. The number of aryl methyl sites for hydroxylation is 1. The van der Waals surface area contributed by atoms with E-state index in [2.05, 4.69) is 4.98 Å². The van der Waals surface area contributed by atoms with Gasteiger partial charge in [0.05, 0.1) is 30.4 Å². The molecule has 30 heavy (non-hydrogen) atoms. The van der Waals surface area contributed by atoms with Crippen LogP contribution in [0, 0.1) is 17.0 Å². The molecule has 0 aliphatic rings. The molecule has 0 amide bonds. The van der Waals surface area contributed by atoms with Gasteiger partial charge in [0.25, 0.3) is 11.2 Å². The van der Waals surface area contributed by atoms with Crippen molar-refractivity contribution < 1.29 is 23.9 Å². The molecule has 0 spiro atoms. The van der Waals surface area contributed by atoms with Crippen LogP contribution in [0.1, 0.15) is 28.5 Å². The quantitative estimate of drug-likeness (QED) is 0.329. The van der Waals surface area contributed by atoms with Crippen molar-refractivity contribution >= 4 is 17.3 Å². The fourth-order valence-electron chi connectivity index (χ4n) is 2.89. The van der Waals surface area contributed by atoms with Crippen molar-refractivity contribution in [3.05, 3.63) is 73.8 Å². The lowest BCUT2D eigenvalue weighted by Gasteiger charge is -2.12. The number of nitro benzene ring substituents is 1. The van der Waals surface area contributed by atoms with Crippen molar-refractivity contribution in [3.8, 4) is 11.5 Å². The molecule has 2 aromatic heterocycles. The molecule has 0 bridgehead atoms. The third-order valence-corrected chi connectivity index (χ3v) is 4.29. The van der Waals surface area contributed by atoms with E-state index >= 15 is 0 Å². The maximum atomic E-state index is 12.6. The number of aromatic nitrogens is 2. The van der Waals surface area contributed by atoms with Crippen LogP contribution in [0.15, 0.2) is 41.3 Å². The number of nitro groups is 1. The van der Waals surface area contributed by atoms with Crippen LogP contribution in [0.3, 0.4) is 0 Å². The molecule has 0 fully saturated rings. The number of esters is 1. The van der Waals surface area contributed by atoms with Crippen LogP contribution >= 0.6 is 0 Å². The van der Waals surface area contributed by atoms with Gasteiger partial charge < -0.3 is 14.2 Å². The highest BCUT2D eigenvalue weighted by molar-refractivity contribution is 5.95. The van der Waals surface area contributed by atoms with Gasteiger partial charge in [-0.05, 0) is 25.5 Å². The zero-order valence-electron chi connectivity index (χ0n) is 16.6. The number of hydrogen-bond donors (Lipinski definition) is 0. The Morgan fingerprint density at radius 3 is 2.70 bits per heavy atom. The van der Waals surface area contributed by atoms with E-state index in [-0.39, 0.29) is 41.5 Å². The fraction of sp³-hybridized carbons (Fsp3) is 0.250. The van der Waals surface area contributed by atoms with E-state index < -0.39 is 16.6 Å². The van der Waals surface area contributed by atoms with Gasteiger partial charge in [0, 0.05) is 18.3 Å². The molecule has 1 aromatic carbocycles. The smallest absolute Gasteiger partial charge is 0.345 e. The molecule has 0 saturated carbocycles. The lowest BCUT2D eigenvalue weighted by atomic mass is 10.1. The Hall–Kier alpha value is -3.95. The molecule has 0 saturated heterocycles. The third kappa shape index (κ3) is 4.07. The first-order valence-corrected chi connectivity index (χ1v) is 9.00. The summed E-state index contributed by atoms with van der Waals surface area (Å²) in [5.74, 6) is -0.646. The summed E-state index contributed by atoms with van der Waals surface area (Å²) in [6.07, 6.45) is 1.59. The Bertz CT molecular complexity index is 1190. The van der Waals surface area contributed by atoms with Crippen LogP contribution in [0.5, 0.6) is 11.5 Å². The molecule has 10 heteroatoms. The van der Waals surface area contributed by atoms with Crippen LogP contribution < -0.4 is 15.0 Å². The first kappa shape index (κ1) is 20.8. The minimum atomic E-state index is -0.947. The Morgan fingerprint density at radius 2 is 2.03 bits per heavy atom. The number of methoxy groups -OCH3 is 1. The monoisotopic (exact) mass is 413 g/mol. The predicted octanol–water partition coefficient (Wildman–Crippen LogP) is 2.68. The number of hydrogen-bond acceptors (Lipinski definition) is 8. The van der Waals surface area contributed by atoms with Crippen LogP contribution in [0.4, 0.5) is 5.69 Å². The van der Waals surface area contributed by atoms with Crippen LogP contribution in [-0.4, -0.2) is 34.0 Å². The first-order chi connectivity index (χ1) is 14.3. The molecule has 156 valence electrons. The topological polar surface area (TPSA) is 122 Å². The SMILES string of the molecule is CCOc1cc(C(=O)OCc2cc(=O)n3cccc(C)c3n2)c([N+](=O)[O-])cc1OC. The van der Waals surface area contributed by atoms with Crippen LogP contribution in [0.2, 0.25) is 0 Å². The molecule has 0 radical (unpaired) electrons. The normalized spacial score (nSPS) is 10.6. The number of rotatable bonds is 7. The number of benzene rings is 1. The summed E-state index contributed by atoms with van der Waals surface area (Å²) >= 11 is 0. The van der Waals surface area contributed by atoms with Gasteiger partial charge in [0.2, 0.25) is 0 Å². The van der Waals surface area contributed by atoms with Crippen LogP contribution in [-0.2, 0) is 11.3 Å². The van der Waals surface area contributed by atoms with E-state index in [0.717, 1.165) is 11.6 Å². The van der Waals surface area contributed by atoms with Crippen molar-refractivity contribution in [2.24, 2.45) is 0 Å². The van der Waals surface area contributed by atoms with Gasteiger partial charge in [-0.3, -0.25) is 19.3 Å². The Morgan fingerprint density at radius 1 is 1.27 bits per heavy atom. The molecule has 3 aromatic rings. The second kappa shape index (κ2) is 8.60. The molecule has 0 N–H and O–H groups in total. The van der Waals surface area contributed by atoms with E-state index in [1.165, 1.54) is 23.6 Å². The highest BCUT2D eigenvalue weighted by Crippen LogP contribution is 2.35. The van der Waals surface area contributed by atoms with Gasteiger partial charge >= 0.3 is 5.97 Å². The number of fused-ring (bicyclic) bond motifs is 1. The van der Waals surface area contributed by atoms with E-state index in [1.54, 1.807) is 32.2 Å². The van der Waals surface area contributed by atoms with Gasteiger partial charge in [-0.15, -0.1) is 0 Å². The zero-order valence-corrected chi connectivity index (χ0v) is 16.6. The van der Waals surface area contributed by atoms with Crippen molar-refractivity contribution in [2.75, 3.05) is 13.7 Å². The Balaban J connectivity index is 1.92. The van der Waals surface area contributed by atoms with Gasteiger partial charge in [-0.25, -0.2) is 9.78 Å².